The number of rotatable bonds is 6. The molecule has 1 aromatic carbocycles. The molecule has 1 amide bonds. The summed E-state index contributed by atoms with van der Waals surface area (Å²) in [4.78, 5) is 14.5. The highest BCUT2D eigenvalue weighted by atomic mass is 16.2. The standard InChI is InChI=1S/C16H25N3O/c1-12(14-9-17-10-14)16(20)18-15(11-19(2)3)13-7-5-4-6-8-13/h4-8,12,14-15,17H,9-11H2,1-3H3,(H,18,20). The van der Waals surface area contributed by atoms with Crippen molar-refractivity contribution < 1.29 is 4.79 Å². The molecule has 0 radical (unpaired) electrons. The predicted octanol–water partition coefficient (Wildman–Crippen LogP) is 1.26. The molecule has 1 aromatic rings. The number of benzene rings is 1. The van der Waals surface area contributed by atoms with Crippen molar-refractivity contribution in [1.82, 2.24) is 15.5 Å². The van der Waals surface area contributed by atoms with Gasteiger partial charge in [-0.15, -0.1) is 0 Å². The molecule has 2 rings (SSSR count). The molecule has 0 spiro atoms. The van der Waals surface area contributed by atoms with Gasteiger partial charge in [0.25, 0.3) is 0 Å². The maximum Gasteiger partial charge on any atom is 0.223 e. The van der Waals surface area contributed by atoms with E-state index in [1.165, 1.54) is 0 Å². The maximum atomic E-state index is 12.4. The lowest BCUT2D eigenvalue weighted by molar-refractivity contribution is -0.127. The van der Waals surface area contributed by atoms with Crippen molar-refractivity contribution in [2.75, 3.05) is 33.7 Å². The van der Waals surface area contributed by atoms with Gasteiger partial charge in [-0.2, -0.15) is 0 Å². The smallest absolute Gasteiger partial charge is 0.223 e. The minimum atomic E-state index is 0.0502. The first kappa shape index (κ1) is 15.0. The van der Waals surface area contributed by atoms with Crippen LogP contribution in [0.1, 0.15) is 18.5 Å². The summed E-state index contributed by atoms with van der Waals surface area (Å²) in [5.41, 5.74) is 1.16. The number of nitrogens with one attached hydrogen (secondary N) is 2. The van der Waals surface area contributed by atoms with E-state index >= 15 is 0 Å². The highest BCUT2D eigenvalue weighted by molar-refractivity contribution is 5.79. The fraction of sp³-hybridized carbons (Fsp3) is 0.562. The van der Waals surface area contributed by atoms with Crippen LogP contribution in [0.15, 0.2) is 30.3 Å². The predicted molar refractivity (Wildman–Crippen MR) is 81.4 cm³/mol. The first-order chi connectivity index (χ1) is 9.58. The number of likely N-dealkylation sites (N-methyl/N-ethyl adjacent to an activating group) is 1. The van der Waals surface area contributed by atoms with E-state index in [9.17, 15) is 4.79 Å². The van der Waals surface area contributed by atoms with Gasteiger partial charge >= 0.3 is 0 Å². The summed E-state index contributed by atoms with van der Waals surface area (Å²) >= 11 is 0. The Kier molecular flexibility index (Phi) is 5.15. The van der Waals surface area contributed by atoms with E-state index in [0.717, 1.165) is 25.2 Å². The summed E-state index contributed by atoms with van der Waals surface area (Å²) in [6.07, 6.45) is 0. The van der Waals surface area contributed by atoms with E-state index in [1.54, 1.807) is 0 Å². The minimum Gasteiger partial charge on any atom is -0.348 e. The molecule has 2 unspecified atom stereocenters. The summed E-state index contributed by atoms with van der Waals surface area (Å²) in [6, 6.07) is 10.2. The monoisotopic (exact) mass is 275 g/mol. The van der Waals surface area contributed by atoms with Crippen molar-refractivity contribution >= 4 is 5.91 Å². The molecule has 4 heteroatoms. The van der Waals surface area contributed by atoms with Gasteiger partial charge in [-0.05, 0) is 38.7 Å². The van der Waals surface area contributed by atoms with Crippen molar-refractivity contribution in [2.45, 2.75) is 13.0 Å². The Morgan fingerprint density at radius 2 is 2.00 bits per heavy atom. The number of amides is 1. The summed E-state index contributed by atoms with van der Waals surface area (Å²) in [5.74, 6) is 0.711. The van der Waals surface area contributed by atoms with Crippen LogP contribution >= 0.6 is 0 Å². The van der Waals surface area contributed by atoms with E-state index in [-0.39, 0.29) is 17.9 Å². The van der Waals surface area contributed by atoms with E-state index in [4.69, 9.17) is 0 Å². The third-order valence-electron chi connectivity index (χ3n) is 4.00. The number of hydrogen-bond acceptors (Lipinski definition) is 3. The molecule has 1 aliphatic rings. The zero-order valence-electron chi connectivity index (χ0n) is 12.6. The largest absolute Gasteiger partial charge is 0.348 e. The Morgan fingerprint density at radius 3 is 2.50 bits per heavy atom. The van der Waals surface area contributed by atoms with Crippen LogP contribution in [0.2, 0.25) is 0 Å². The topological polar surface area (TPSA) is 44.4 Å². The summed E-state index contributed by atoms with van der Waals surface area (Å²) in [6.45, 7) is 4.75. The van der Waals surface area contributed by atoms with E-state index in [2.05, 4.69) is 27.7 Å². The molecule has 2 N–H and O–H groups in total. The molecule has 4 nitrogen and oxygen atoms in total. The van der Waals surface area contributed by atoms with Crippen molar-refractivity contribution in [3.63, 3.8) is 0 Å². The molecule has 0 bridgehead atoms. The molecule has 1 saturated heterocycles. The zero-order valence-corrected chi connectivity index (χ0v) is 12.6. The molecule has 2 atom stereocenters. The Morgan fingerprint density at radius 1 is 1.35 bits per heavy atom. The zero-order chi connectivity index (χ0) is 14.5. The van der Waals surface area contributed by atoms with Crippen molar-refractivity contribution in [1.29, 1.82) is 0 Å². The van der Waals surface area contributed by atoms with Gasteiger partial charge in [-0.1, -0.05) is 37.3 Å². The van der Waals surface area contributed by atoms with Crippen LogP contribution in [0.4, 0.5) is 0 Å². The quantitative estimate of drug-likeness (QED) is 0.821. The molecule has 0 aromatic heterocycles. The lowest BCUT2D eigenvalue weighted by Crippen LogP contribution is -2.50. The molecule has 1 heterocycles. The summed E-state index contributed by atoms with van der Waals surface area (Å²) in [7, 11) is 4.06. The number of carbonyl (C=O) groups is 1. The van der Waals surface area contributed by atoms with Gasteiger partial charge in [0.15, 0.2) is 0 Å². The van der Waals surface area contributed by atoms with E-state index in [1.807, 2.05) is 39.2 Å². The molecular formula is C16H25N3O. The van der Waals surface area contributed by atoms with Gasteiger partial charge < -0.3 is 15.5 Å². The van der Waals surface area contributed by atoms with Crippen LogP contribution in [-0.2, 0) is 4.79 Å². The van der Waals surface area contributed by atoms with Crippen LogP contribution < -0.4 is 10.6 Å². The molecule has 0 saturated carbocycles. The fourth-order valence-electron chi connectivity index (χ4n) is 2.47. The number of nitrogens with zero attached hydrogens (tertiary/aromatic N) is 1. The lowest BCUT2D eigenvalue weighted by Gasteiger charge is -2.33. The summed E-state index contributed by atoms with van der Waals surface area (Å²) in [5, 5.41) is 6.43. The lowest BCUT2D eigenvalue weighted by atomic mass is 9.88. The average molecular weight is 275 g/mol. The molecule has 1 fully saturated rings. The molecule has 20 heavy (non-hydrogen) atoms. The molecule has 0 aliphatic carbocycles. The number of hydrogen-bond donors (Lipinski definition) is 2. The minimum absolute atomic E-state index is 0.0502. The molecular weight excluding hydrogens is 250 g/mol. The van der Waals surface area contributed by atoms with Gasteiger partial charge in [0.05, 0.1) is 6.04 Å². The van der Waals surface area contributed by atoms with Crippen LogP contribution in [0.3, 0.4) is 0 Å². The maximum absolute atomic E-state index is 12.4. The average Bonchev–Trinajstić information content (AvgIpc) is 2.36. The first-order valence-electron chi connectivity index (χ1n) is 7.28. The second kappa shape index (κ2) is 6.86. The normalized spacial score (nSPS) is 18.4. The van der Waals surface area contributed by atoms with Gasteiger partial charge in [0, 0.05) is 12.5 Å². The van der Waals surface area contributed by atoms with Crippen molar-refractivity contribution in [3.8, 4) is 0 Å². The SMILES string of the molecule is CC(C(=O)NC(CN(C)C)c1ccccc1)C1CNC1. The second-order valence-corrected chi connectivity index (χ2v) is 5.94. The van der Waals surface area contributed by atoms with Gasteiger partial charge in [-0.25, -0.2) is 0 Å². The number of carbonyl (C=O) groups excluding carboxylic acids is 1. The van der Waals surface area contributed by atoms with Crippen LogP contribution in [0, 0.1) is 11.8 Å². The molecule has 110 valence electrons. The third kappa shape index (κ3) is 3.81. The molecule has 1 aliphatic heterocycles. The van der Waals surface area contributed by atoms with Crippen LogP contribution in [0.5, 0.6) is 0 Å². The highest BCUT2D eigenvalue weighted by Gasteiger charge is 2.30. The van der Waals surface area contributed by atoms with Crippen molar-refractivity contribution in [2.24, 2.45) is 11.8 Å². The van der Waals surface area contributed by atoms with Gasteiger partial charge in [0.1, 0.15) is 0 Å². The second-order valence-electron chi connectivity index (χ2n) is 5.94. The van der Waals surface area contributed by atoms with Gasteiger partial charge in [0.2, 0.25) is 5.91 Å². The summed E-state index contributed by atoms with van der Waals surface area (Å²) < 4.78 is 0. The van der Waals surface area contributed by atoms with Crippen molar-refractivity contribution in [3.05, 3.63) is 35.9 Å². The van der Waals surface area contributed by atoms with E-state index < -0.39 is 0 Å². The van der Waals surface area contributed by atoms with Crippen LogP contribution in [0.25, 0.3) is 0 Å². The van der Waals surface area contributed by atoms with E-state index in [0.29, 0.717) is 5.92 Å². The Bertz CT molecular complexity index is 429. The highest BCUT2D eigenvalue weighted by Crippen LogP contribution is 2.19. The Hall–Kier alpha value is -1.39. The fourth-order valence-corrected chi connectivity index (χ4v) is 2.47. The van der Waals surface area contributed by atoms with Crippen LogP contribution in [-0.4, -0.2) is 44.5 Å². The van der Waals surface area contributed by atoms with Gasteiger partial charge in [-0.3, -0.25) is 4.79 Å². The first-order valence-corrected chi connectivity index (χ1v) is 7.28. The Labute approximate surface area is 121 Å². The Balaban J connectivity index is 2.01. The third-order valence-corrected chi connectivity index (χ3v) is 4.00.